The topological polar surface area (TPSA) is 59.2 Å². The Morgan fingerprint density at radius 3 is 3.13 bits per heavy atom. The summed E-state index contributed by atoms with van der Waals surface area (Å²) >= 11 is 1.35. The molecule has 1 atom stereocenters. The quantitative estimate of drug-likeness (QED) is 0.818. The molecular weight excluding hydrogens is 210 g/mol. The molecule has 4 nitrogen and oxygen atoms in total. The first kappa shape index (κ1) is 10.6. The summed E-state index contributed by atoms with van der Waals surface area (Å²) in [5, 5.41) is 2.39. The summed E-state index contributed by atoms with van der Waals surface area (Å²) in [6.45, 7) is 2.19. The lowest BCUT2D eigenvalue weighted by Gasteiger charge is -2.28. The van der Waals surface area contributed by atoms with E-state index in [0.29, 0.717) is 10.9 Å². The number of hydrogen-bond acceptors (Lipinski definition) is 4. The molecule has 1 amide bonds. The van der Waals surface area contributed by atoms with Gasteiger partial charge in [0.05, 0.1) is 5.69 Å². The largest absolute Gasteiger partial charge is 0.364 e. The first-order valence-corrected chi connectivity index (χ1v) is 5.98. The molecule has 15 heavy (non-hydrogen) atoms. The molecule has 5 heteroatoms. The van der Waals surface area contributed by atoms with Crippen LogP contribution in [0.2, 0.25) is 0 Å². The minimum absolute atomic E-state index is 0.421. The molecule has 2 heterocycles. The standard InChI is InChI=1S/C10H15N3OS/c1-13-4-2-3-7(5-13)8-6-15-10(12-8)9(11)14/h6-7H,2-5H2,1H3,(H2,11,14). The van der Waals surface area contributed by atoms with Crippen LogP contribution in [0.15, 0.2) is 5.38 Å². The number of nitrogens with zero attached hydrogens (tertiary/aromatic N) is 2. The number of primary amides is 1. The Labute approximate surface area is 93.1 Å². The van der Waals surface area contributed by atoms with Gasteiger partial charge in [-0.15, -0.1) is 11.3 Å². The highest BCUT2D eigenvalue weighted by Crippen LogP contribution is 2.26. The fraction of sp³-hybridized carbons (Fsp3) is 0.600. The van der Waals surface area contributed by atoms with Gasteiger partial charge in [-0.2, -0.15) is 0 Å². The lowest BCUT2D eigenvalue weighted by atomic mass is 9.96. The third-order valence-corrected chi connectivity index (χ3v) is 3.65. The van der Waals surface area contributed by atoms with E-state index in [1.54, 1.807) is 0 Å². The molecule has 0 bridgehead atoms. The van der Waals surface area contributed by atoms with Crippen molar-refractivity contribution in [1.82, 2.24) is 9.88 Å². The summed E-state index contributed by atoms with van der Waals surface area (Å²) in [5.41, 5.74) is 6.21. The van der Waals surface area contributed by atoms with Crippen LogP contribution in [0.25, 0.3) is 0 Å². The number of rotatable bonds is 2. The molecule has 0 radical (unpaired) electrons. The first-order valence-electron chi connectivity index (χ1n) is 5.10. The maximum atomic E-state index is 10.9. The second-order valence-corrected chi connectivity index (χ2v) is 4.90. The number of amides is 1. The van der Waals surface area contributed by atoms with Gasteiger partial charge in [-0.3, -0.25) is 4.79 Å². The van der Waals surface area contributed by atoms with Crippen molar-refractivity contribution in [3.05, 3.63) is 16.1 Å². The third kappa shape index (κ3) is 2.35. The van der Waals surface area contributed by atoms with E-state index in [2.05, 4.69) is 16.9 Å². The van der Waals surface area contributed by atoms with Gasteiger partial charge in [-0.05, 0) is 26.4 Å². The highest BCUT2D eigenvalue weighted by Gasteiger charge is 2.21. The van der Waals surface area contributed by atoms with Crippen molar-refractivity contribution in [2.24, 2.45) is 5.73 Å². The number of aromatic nitrogens is 1. The number of likely N-dealkylation sites (tertiary alicyclic amines) is 1. The molecule has 1 fully saturated rings. The average Bonchev–Trinajstić information content (AvgIpc) is 2.66. The summed E-state index contributed by atoms with van der Waals surface area (Å²) in [6, 6.07) is 0. The zero-order chi connectivity index (χ0) is 10.8. The Morgan fingerprint density at radius 2 is 2.53 bits per heavy atom. The van der Waals surface area contributed by atoms with Gasteiger partial charge < -0.3 is 10.6 Å². The van der Waals surface area contributed by atoms with E-state index in [1.807, 2.05) is 5.38 Å². The van der Waals surface area contributed by atoms with Gasteiger partial charge in [-0.25, -0.2) is 4.98 Å². The van der Waals surface area contributed by atoms with E-state index >= 15 is 0 Å². The smallest absolute Gasteiger partial charge is 0.277 e. The monoisotopic (exact) mass is 225 g/mol. The minimum atomic E-state index is -0.421. The van der Waals surface area contributed by atoms with E-state index in [1.165, 1.54) is 17.8 Å². The van der Waals surface area contributed by atoms with Crippen molar-refractivity contribution >= 4 is 17.2 Å². The number of carbonyl (C=O) groups is 1. The molecule has 82 valence electrons. The summed E-state index contributed by atoms with van der Waals surface area (Å²) in [5.74, 6) is 0.0449. The number of likely N-dealkylation sites (N-methyl/N-ethyl adjacent to an activating group) is 1. The van der Waals surface area contributed by atoms with Gasteiger partial charge in [0.2, 0.25) is 0 Å². The first-order chi connectivity index (χ1) is 7.16. The zero-order valence-electron chi connectivity index (χ0n) is 8.77. The van der Waals surface area contributed by atoms with Gasteiger partial charge >= 0.3 is 0 Å². The lowest BCUT2D eigenvalue weighted by molar-refractivity contribution is 0.0999. The second-order valence-electron chi connectivity index (χ2n) is 4.04. The third-order valence-electron chi connectivity index (χ3n) is 2.78. The van der Waals surface area contributed by atoms with Crippen LogP contribution < -0.4 is 5.73 Å². The Hall–Kier alpha value is -0.940. The maximum Gasteiger partial charge on any atom is 0.277 e. The van der Waals surface area contributed by atoms with Crippen LogP contribution in [0.1, 0.15) is 34.3 Å². The Balaban J connectivity index is 2.11. The molecule has 0 aliphatic carbocycles. The molecule has 1 aliphatic heterocycles. The highest BCUT2D eigenvalue weighted by atomic mass is 32.1. The molecule has 1 aliphatic rings. The molecule has 0 spiro atoms. The number of piperidine rings is 1. The average molecular weight is 225 g/mol. The number of nitrogens with two attached hydrogens (primary N) is 1. The van der Waals surface area contributed by atoms with Crippen molar-refractivity contribution in [2.75, 3.05) is 20.1 Å². The van der Waals surface area contributed by atoms with Gasteiger partial charge in [0.15, 0.2) is 5.01 Å². The van der Waals surface area contributed by atoms with Crippen LogP contribution >= 0.6 is 11.3 Å². The molecule has 1 aromatic heterocycles. The molecule has 1 unspecified atom stereocenters. The fourth-order valence-electron chi connectivity index (χ4n) is 1.99. The molecule has 1 saturated heterocycles. The van der Waals surface area contributed by atoms with E-state index in [-0.39, 0.29) is 0 Å². The molecule has 0 saturated carbocycles. The Bertz CT molecular complexity index is 363. The predicted octanol–water partition coefficient (Wildman–Crippen LogP) is 1.05. The lowest BCUT2D eigenvalue weighted by Crippen LogP contribution is -2.31. The van der Waals surface area contributed by atoms with Gasteiger partial charge in [0, 0.05) is 17.8 Å². The van der Waals surface area contributed by atoms with Crippen LogP contribution in [-0.2, 0) is 0 Å². The van der Waals surface area contributed by atoms with Crippen molar-refractivity contribution < 1.29 is 4.79 Å². The SMILES string of the molecule is CN1CCCC(c2csc(C(N)=O)n2)C1. The van der Waals surface area contributed by atoms with Crippen molar-refractivity contribution in [2.45, 2.75) is 18.8 Å². The van der Waals surface area contributed by atoms with Crippen LogP contribution in [0.3, 0.4) is 0 Å². The molecule has 2 N–H and O–H groups in total. The van der Waals surface area contributed by atoms with Gasteiger partial charge in [0.1, 0.15) is 0 Å². The zero-order valence-corrected chi connectivity index (χ0v) is 9.59. The number of carbonyl (C=O) groups excluding carboxylic acids is 1. The van der Waals surface area contributed by atoms with Crippen LogP contribution in [0, 0.1) is 0 Å². The summed E-state index contributed by atoms with van der Waals surface area (Å²) in [4.78, 5) is 17.5. The minimum Gasteiger partial charge on any atom is -0.364 e. The molecule has 1 aromatic rings. The second kappa shape index (κ2) is 4.28. The van der Waals surface area contributed by atoms with E-state index < -0.39 is 5.91 Å². The molecule has 2 rings (SSSR count). The van der Waals surface area contributed by atoms with Gasteiger partial charge in [-0.1, -0.05) is 0 Å². The number of thiazole rings is 1. The van der Waals surface area contributed by atoms with E-state index in [4.69, 9.17) is 5.73 Å². The Kier molecular flexibility index (Phi) is 3.02. The van der Waals surface area contributed by atoms with Gasteiger partial charge in [0.25, 0.3) is 5.91 Å². The molecule has 0 aromatic carbocycles. The predicted molar refractivity (Wildman–Crippen MR) is 60.1 cm³/mol. The number of hydrogen-bond donors (Lipinski definition) is 1. The van der Waals surface area contributed by atoms with E-state index in [0.717, 1.165) is 25.2 Å². The van der Waals surface area contributed by atoms with Crippen LogP contribution in [-0.4, -0.2) is 35.9 Å². The normalized spacial score (nSPS) is 22.9. The Morgan fingerprint density at radius 1 is 1.73 bits per heavy atom. The van der Waals surface area contributed by atoms with Crippen molar-refractivity contribution in [3.63, 3.8) is 0 Å². The van der Waals surface area contributed by atoms with E-state index in [9.17, 15) is 4.79 Å². The summed E-state index contributed by atoms with van der Waals surface area (Å²) in [7, 11) is 2.12. The van der Waals surface area contributed by atoms with Crippen LogP contribution in [0.5, 0.6) is 0 Å². The molecular formula is C10H15N3OS. The highest BCUT2D eigenvalue weighted by molar-refractivity contribution is 7.11. The fourth-order valence-corrected chi connectivity index (χ4v) is 2.75. The van der Waals surface area contributed by atoms with Crippen molar-refractivity contribution in [1.29, 1.82) is 0 Å². The maximum absolute atomic E-state index is 10.9. The summed E-state index contributed by atoms with van der Waals surface area (Å²) in [6.07, 6.45) is 2.36. The summed E-state index contributed by atoms with van der Waals surface area (Å²) < 4.78 is 0. The van der Waals surface area contributed by atoms with Crippen molar-refractivity contribution in [3.8, 4) is 0 Å². The van der Waals surface area contributed by atoms with Crippen LogP contribution in [0.4, 0.5) is 0 Å².